The minimum atomic E-state index is -0.789. The lowest BCUT2D eigenvalue weighted by Gasteiger charge is -2.18. The molecule has 418 valence electrons. The first kappa shape index (κ1) is 69.3. The van der Waals surface area contributed by atoms with Gasteiger partial charge in [-0.2, -0.15) is 0 Å². The molecule has 0 saturated carbocycles. The Morgan fingerprint density at radius 1 is 0.288 bits per heavy atom. The summed E-state index contributed by atoms with van der Waals surface area (Å²) in [4.78, 5) is 38.2. The van der Waals surface area contributed by atoms with Crippen LogP contribution < -0.4 is 0 Å². The zero-order valence-electron chi connectivity index (χ0n) is 47.9. The summed E-state index contributed by atoms with van der Waals surface area (Å²) >= 11 is 0. The van der Waals surface area contributed by atoms with Crippen molar-refractivity contribution in [3.63, 3.8) is 0 Å². The first-order valence-electron chi connectivity index (χ1n) is 30.7. The van der Waals surface area contributed by atoms with E-state index in [1.54, 1.807) is 0 Å². The molecule has 0 aliphatic carbocycles. The fourth-order valence-corrected chi connectivity index (χ4v) is 8.42. The smallest absolute Gasteiger partial charge is 0.306 e. The molecular formula is C67H114O6. The Hall–Kier alpha value is -3.67. The van der Waals surface area contributed by atoms with Gasteiger partial charge in [-0.1, -0.05) is 253 Å². The highest BCUT2D eigenvalue weighted by atomic mass is 16.6. The molecule has 73 heavy (non-hydrogen) atoms. The molecule has 0 amide bonds. The molecule has 0 radical (unpaired) electrons. The number of carbonyl (C=O) groups excluding carboxylic acids is 3. The van der Waals surface area contributed by atoms with E-state index in [4.69, 9.17) is 14.2 Å². The first-order chi connectivity index (χ1) is 36.0. The number of rotatable bonds is 55. The molecule has 0 bridgehead atoms. The average molecular weight is 1020 g/mol. The van der Waals surface area contributed by atoms with E-state index in [9.17, 15) is 14.4 Å². The molecule has 0 fully saturated rings. The highest BCUT2D eigenvalue weighted by Crippen LogP contribution is 2.15. The highest BCUT2D eigenvalue weighted by molar-refractivity contribution is 5.71. The Labute approximate surface area is 451 Å². The van der Waals surface area contributed by atoms with Gasteiger partial charge in [0.05, 0.1) is 0 Å². The third-order valence-electron chi connectivity index (χ3n) is 13.0. The molecule has 0 N–H and O–H groups in total. The third-order valence-corrected chi connectivity index (χ3v) is 13.0. The Morgan fingerprint density at radius 3 is 0.890 bits per heavy atom. The summed E-state index contributed by atoms with van der Waals surface area (Å²) in [6.07, 6.45) is 81.2. The van der Waals surface area contributed by atoms with Crippen LogP contribution in [-0.2, 0) is 28.6 Å². The molecule has 0 aliphatic heterocycles. The zero-order chi connectivity index (χ0) is 52.9. The summed E-state index contributed by atoms with van der Waals surface area (Å²) in [5.74, 6) is -0.906. The average Bonchev–Trinajstić information content (AvgIpc) is 3.39. The van der Waals surface area contributed by atoms with E-state index in [0.717, 1.165) is 109 Å². The molecule has 6 heteroatoms. The highest BCUT2D eigenvalue weighted by Gasteiger charge is 2.19. The monoisotopic (exact) mass is 1010 g/mol. The maximum Gasteiger partial charge on any atom is 0.306 e. The van der Waals surface area contributed by atoms with Crippen LogP contribution in [0.4, 0.5) is 0 Å². The number of hydrogen-bond donors (Lipinski definition) is 0. The second kappa shape index (κ2) is 60.9. The van der Waals surface area contributed by atoms with Crippen molar-refractivity contribution in [3.05, 3.63) is 97.2 Å². The zero-order valence-corrected chi connectivity index (χ0v) is 47.9. The Kier molecular flexibility index (Phi) is 57.8. The minimum absolute atomic E-state index is 0.0871. The molecule has 0 aromatic heterocycles. The molecule has 1 unspecified atom stereocenters. The van der Waals surface area contributed by atoms with Crippen LogP contribution in [0.15, 0.2) is 97.2 Å². The van der Waals surface area contributed by atoms with Crippen molar-refractivity contribution < 1.29 is 28.6 Å². The predicted molar refractivity (Wildman–Crippen MR) is 316 cm³/mol. The van der Waals surface area contributed by atoms with Gasteiger partial charge in [0.1, 0.15) is 13.2 Å². The summed E-state index contributed by atoms with van der Waals surface area (Å²) in [5.41, 5.74) is 0. The molecule has 0 aliphatic rings. The summed E-state index contributed by atoms with van der Waals surface area (Å²) in [6, 6.07) is 0. The fraction of sp³-hybridized carbons (Fsp3) is 0.716. The quantitative estimate of drug-likeness (QED) is 0.0261. The molecule has 0 aromatic carbocycles. The predicted octanol–water partition coefficient (Wildman–Crippen LogP) is 20.9. The van der Waals surface area contributed by atoms with Crippen LogP contribution >= 0.6 is 0 Å². The molecule has 0 heterocycles. The van der Waals surface area contributed by atoms with Gasteiger partial charge in [0.25, 0.3) is 0 Å². The Balaban J connectivity index is 4.34. The first-order valence-corrected chi connectivity index (χ1v) is 30.7. The summed E-state index contributed by atoms with van der Waals surface area (Å²) < 4.78 is 16.9. The summed E-state index contributed by atoms with van der Waals surface area (Å²) in [7, 11) is 0. The Bertz CT molecular complexity index is 1440. The van der Waals surface area contributed by atoms with Gasteiger partial charge < -0.3 is 14.2 Å². The fourth-order valence-electron chi connectivity index (χ4n) is 8.42. The SMILES string of the molecule is CC/C=C\C/C=C\C/C=C\C/C=C\C/C=C\CCCCCCCCCC(=O)OCC(COC(=O)CCCCCCC/C=C\CCCC)OC(=O)CCCCCCCCCCC/C=C\C/C=C\CCCCCCC. The van der Waals surface area contributed by atoms with Gasteiger partial charge in [-0.25, -0.2) is 0 Å². The van der Waals surface area contributed by atoms with E-state index in [0.29, 0.717) is 19.3 Å². The lowest BCUT2D eigenvalue weighted by atomic mass is 10.1. The maximum atomic E-state index is 12.9. The van der Waals surface area contributed by atoms with Crippen molar-refractivity contribution in [2.45, 2.75) is 297 Å². The molecule has 1 atom stereocenters. The van der Waals surface area contributed by atoms with Crippen molar-refractivity contribution in [2.24, 2.45) is 0 Å². The van der Waals surface area contributed by atoms with Crippen LogP contribution in [0, 0.1) is 0 Å². The summed E-state index contributed by atoms with van der Waals surface area (Å²) in [5, 5.41) is 0. The van der Waals surface area contributed by atoms with Crippen LogP contribution in [0.3, 0.4) is 0 Å². The van der Waals surface area contributed by atoms with E-state index < -0.39 is 6.10 Å². The van der Waals surface area contributed by atoms with E-state index in [1.165, 1.54) is 141 Å². The normalized spacial score (nSPS) is 12.8. The van der Waals surface area contributed by atoms with Gasteiger partial charge in [0.2, 0.25) is 0 Å². The Morgan fingerprint density at radius 2 is 0.548 bits per heavy atom. The minimum Gasteiger partial charge on any atom is -0.462 e. The molecule has 0 spiro atoms. The van der Waals surface area contributed by atoms with Gasteiger partial charge >= 0.3 is 17.9 Å². The number of allylic oxidation sites excluding steroid dienone is 16. The van der Waals surface area contributed by atoms with Gasteiger partial charge in [-0.15, -0.1) is 0 Å². The molecule has 6 nitrogen and oxygen atoms in total. The van der Waals surface area contributed by atoms with Crippen LogP contribution in [-0.4, -0.2) is 37.2 Å². The van der Waals surface area contributed by atoms with Crippen LogP contribution in [0.5, 0.6) is 0 Å². The van der Waals surface area contributed by atoms with Crippen molar-refractivity contribution in [2.75, 3.05) is 13.2 Å². The standard InChI is InChI=1S/C67H114O6/c1-4-7-10-13-16-19-22-24-26-28-30-32-33-35-36-38-40-42-45-48-51-54-57-60-66(69)72-63-64(62-71-65(68)59-56-53-50-47-44-21-18-15-12-9-6-3)73-67(70)61-58-55-52-49-46-43-41-39-37-34-31-29-27-25-23-20-17-14-11-8-5-2/h7,10,15-16,18-19,23-26,29-32,35-36,64H,4-6,8-9,11-14,17,20-22,27-28,33-34,37-63H2,1-3H3/b10-7-,18-15-,19-16-,25-23-,26-24-,31-29-,32-30-,36-35-. The van der Waals surface area contributed by atoms with Crippen LogP contribution in [0.25, 0.3) is 0 Å². The van der Waals surface area contributed by atoms with Crippen molar-refractivity contribution in [1.29, 1.82) is 0 Å². The number of unbranched alkanes of at least 4 members (excludes halogenated alkanes) is 28. The molecule has 0 aromatic rings. The van der Waals surface area contributed by atoms with E-state index >= 15 is 0 Å². The maximum absolute atomic E-state index is 12.9. The molecule has 0 rings (SSSR count). The second-order valence-corrected chi connectivity index (χ2v) is 20.2. The number of ether oxygens (including phenoxy) is 3. The third kappa shape index (κ3) is 59.1. The topological polar surface area (TPSA) is 78.9 Å². The van der Waals surface area contributed by atoms with Gasteiger partial charge in [-0.05, 0) is 116 Å². The van der Waals surface area contributed by atoms with Crippen LogP contribution in [0.2, 0.25) is 0 Å². The summed E-state index contributed by atoms with van der Waals surface area (Å²) in [6.45, 7) is 6.47. The van der Waals surface area contributed by atoms with E-state index in [1.807, 2.05) is 0 Å². The number of hydrogen-bond acceptors (Lipinski definition) is 6. The van der Waals surface area contributed by atoms with Crippen molar-refractivity contribution in [1.82, 2.24) is 0 Å². The van der Waals surface area contributed by atoms with Gasteiger partial charge in [0.15, 0.2) is 6.10 Å². The largest absolute Gasteiger partial charge is 0.462 e. The van der Waals surface area contributed by atoms with E-state index in [2.05, 4.69) is 118 Å². The molecule has 0 saturated heterocycles. The van der Waals surface area contributed by atoms with Crippen molar-refractivity contribution >= 4 is 17.9 Å². The number of esters is 3. The van der Waals surface area contributed by atoms with Gasteiger partial charge in [0, 0.05) is 19.3 Å². The van der Waals surface area contributed by atoms with Crippen LogP contribution in [0.1, 0.15) is 290 Å². The molecular weight excluding hydrogens is 901 g/mol. The number of carbonyl (C=O) groups is 3. The lowest BCUT2D eigenvalue weighted by Crippen LogP contribution is -2.30. The van der Waals surface area contributed by atoms with Crippen molar-refractivity contribution in [3.8, 4) is 0 Å². The lowest BCUT2D eigenvalue weighted by molar-refractivity contribution is -0.167. The second-order valence-electron chi connectivity index (χ2n) is 20.2. The van der Waals surface area contributed by atoms with E-state index in [-0.39, 0.29) is 31.1 Å². The van der Waals surface area contributed by atoms with Gasteiger partial charge in [-0.3, -0.25) is 14.4 Å².